The van der Waals surface area contributed by atoms with Crippen LogP contribution in [-0.2, 0) is 17.8 Å². The molecule has 1 saturated heterocycles. The molecule has 0 radical (unpaired) electrons. The van der Waals surface area contributed by atoms with Gasteiger partial charge in [0.1, 0.15) is 5.56 Å². The maximum atomic E-state index is 12.4. The van der Waals surface area contributed by atoms with Gasteiger partial charge in [-0.1, -0.05) is 24.3 Å². The van der Waals surface area contributed by atoms with Gasteiger partial charge in [0.15, 0.2) is 4.96 Å². The van der Waals surface area contributed by atoms with E-state index in [0.717, 1.165) is 25.2 Å². The van der Waals surface area contributed by atoms with Crippen molar-refractivity contribution in [2.45, 2.75) is 39.1 Å². The van der Waals surface area contributed by atoms with Crippen molar-refractivity contribution in [3.05, 3.63) is 69.1 Å². The van der Waals surface area contributed by atoms with E-state index in [9.17, 15) is 9.59 Å². The minimum absolute atomic E-state index is 0.0491. The summed E-state index contributed by atoms with van der Waals surface area (Å²) in [7, 11) is 0. The van der Waals surface area contributed by atoms with Crippen molar-refractivity contribution in [2.75, 3.05) is 13.1 Å². The van der Waals surface area contributed by atoms with Crippen LogP contribution in [-0.4, -0.2) is 45.5 Å². The summed E-state index contributed by atoms with van der Waals surface area (Å²) in [5.74, 6) is -0.413. The Morgan fingerprint density at radius 3 is 2.62 bits per heavy atom. The Bertz CT molecular complexity index is 1050. The van der Waals surface area contributed by atoms with Gasteiger partial charge in [-0.3, -0.25) is 18.9 Å². The standard InChI is InChI=1S/C21H24N4O3S/c1-14-11-24(12-15(2)28-14)13-17-5-3-16(4-6-17)9-22-19(26)18-10-23-21-25(20(18)27)7-8-29-21/h3-8,10,14-15H,9,11-13H2,1-2H3,(H,22,26). The van der Waals surface area contributed by atoms with Crippen LogP contribution in [0.25, 0.3) is 4.96 Å². The zero-order valence-electron chi connectivity index (χ0n) is 16.5. The van der Waals surface area contributed by atoms with Gasteiger partial charge in [-0.05, 0) is 25.0 Å². The molecule has 7 nitrogen and oxygen atoms in total. The molecule has 0 bridgehead atoms. The van der Waals surface area contributed by atoms with Gasteiger partial charge in [-0.25, -0.2) is 4.98 Å². The van der Waals surface area contributed by atoms with Crippen LogP contribution in [0.4, 0.5) is 0 Å². The molecule has 1 amide bonds. The molecule has 152 valence electrons. The van der Waals surface area contributed by atoms with Crippen LogP contribution in [0.3, 0.4) is 0 Å². The molecule has 1 N–H and O–H groups in total. The van der Waals surface area contributed by atoms with E-state index in [1.54, 1.807) is 11.6 Å². The molecule has 3 heterocycles. The van der Waals surface area contributed by atoms with Crippen LogP contribution in [0.15, 0.2) is 46.8 Å². The molecule has 1 aliphatic heterocycles. The van der Waals surface area contributed by atoms with E-state index in [1.165, 1.54) is 27.5 Å². The molecule has 1 aromatic carbocycles. The molecule has 1 aliphatic rings. The first-order chi connectivity index (χ1) is 14.0. The molecule has 2 atom stereocenters. The van der Waals surface area contributed by atoms with Crippen molar-refractivity contribution in [2.24, 2.45) is 0 Å². The molecule has 0 spiro atoms. The lowest BCUT2D eigenvalue weighted by molar-refractivity contribution is -0.0704. The van der Waals surface area contributed by atoms with Gasteiger partial charge in [0, 0.05) is 44.0 Å². The Balaban J connectivity index is 1.35. The van der Waals surface area contributed by atoms with Crippen molar-refractivity contribution >= 4 is 22.2 Å². The molecular weight excluding hydrogens is 388 g/mol. The van der Waals surface area contributed by atoms with E-state index >= 15 is 0 Å². The smallest absolute Gasteiger partial charge is 0.271 e. The quantitative estimate of drug-likeness (QED) is 0.696. The first-order valence-electron chi connectivity index (χ1n) is 9.68. The van der Waals surface area contributed by atoms with Crippen molar-refractivity contribution in [3.8, 4) is 0 Å². The Morgan fingerprint density at radius 1 is 1.21 bits per heavy atom. The average Bonchev–Trinajstić information content (AvgIpc) is 3.16. The Labute approximate surface area is 173 Å². The fourth-order valence-electron chi connectivity index (χ4n) is 3.69. The number of benzene rings is 1. The average molecular weight is 413 g/mol. The van der Waals surface area contributed by atoms with E-state index < -0.39 is 5.91 Å². The number of aromatic nitrogens is 2. The topological polar surface area (TPSA) is 75.9 Å². The number of nitrogens with one attached hydrogen (secondary N) is 1. The number of thiazole rings is 1. The number of ether oxygens (including phenoxy) is 1. The number of rotatable bonds is 5. The summed E-state index contributed by atoms with van der Waals surface area (Å²) in [5, 5.41) is 4.58. The summed E-state index contributed by atoms with van der Waals surface area (Å²) in [6.07, 6.45) is 3.47. The molecule has 0 saturated carbocycles. The first kappa shape index (κ1) is 19.8. The maximum absolute atomic E-state index is 12.4. The van der Waals surface area contributed by atoms with E-state index in [4.69, 9.17) is 4.74 Å². The number of carbonyl (C=O) groups excluding carboxylic acids is 1. The molecular formula is C21H24N4O3S. The predicted molar refractivity (Wildman–Crippen MR) is 112 cm³/mol. The van der Waals surface area contributed by atoms with Crippen LogP contribution >= 0.6 is 11.3 Å². The number of fused-ring (bicyclic) bond motifs is 1. The van der Waals surface area contributed by atoms with Crippen molar-refractivity contribution in [1.82, 2.24) is 19.6 Å². The summed E-state index contributed by atoms with van der Waals surface area (Å²) in [6, 6.07) is 8.19. The number of carbonyl (C=O) groups is 1. The molecule has 4 rings (SSSR count). The normalized spacial score (nSPS) is 20.1. The van der Waals surface area contributed by atoms with Gasteiger partial charge in [-0.2, -0.15) is 0 Å². The van der Waals surface area contributed by atoms with Gasteiger partial charge in [0.25, 0.3) is 11.5 Å². The number of hydrogen-bond donors (Lipinski definition) is 1. The fourth-order valence-corrected chi connectivity index (χ4v) is 4.37. The Hall–Kier alpha value is -2.55. The van der Waals surface area contributed by atoms with Crippen molar-refractivity contribution < 1.29 is 9.53 Å². The highest BCUT2D eigenvalue weighted by molar-refractivity contribution is 7.15. The van der Waals surface area contributed by atoms with Gasteiger partial charge in [-0.15, -0.1) is 11.3 Å². The lowest BCUT2D eigenvalue weighted by Crippen LogP contribution is -2.44. The number of hydrogen-bond acceptors (Lipinski definition) is 6. The molecule has 8 heteroatoms. The van der Waals surface area contributed by atoms with Crippen LogP contribution in [0, 0.1) is 0 Å². The third-order valence-electron chi connectivity index (χ3n) is 4.96. The molecule has 0 aliphatic carbocycles. The number of amides is 1. The van der Waals surface area contributed by atoms with Crippen LogP contribution in [0.1, 0.15) is 35.3 Å². The summed E-state index contributed by atoms with van der Waals surface area (Å²) >= 11 is 1.36. The molecule has 1 fully saturated rings. The minimum Gasteiger partial charge on any atom is -0.373 e. The minimum atomic E-state index is -0.413. The summed E-state index contributed by atoms with van der Waals surface area (Å²) in [6.45, 7) is 7.31. The van der Waals surface area contributed by atoms with Gasteiger partial charge < -0.3 is 10.1 Å². The van der Waals surface area contributed by atoms with Crippen LogP contribution in [0.2, 0.25) is 0 Å². The summed E-state index contributed by atoms with van der Waals surface area (Å²) < 4.78 is 7.17. The van der Waals surface area contributed by atoms with E-state index in [1.807, 2.05) is 12.1 Å². The largest absolute Gasteiger partial charge is 0.373 e. The maximum Gasteiger partial charge on any atom is 0.271 e. The second kappa shape index (κ2) is 8.44. The van der Waals surface area contributed by atoms with E-state index in [0.29, 0.717) is 11.5 Å². The molecule has 2 aromatic heterocycles. The van der Waals surface area contributed by atoms with Crippen LogP contribution in [0.5, 0.6) is 0 Å². The molecule has 2 unspecified atom stereocenters. The monoisotopic (exact) mass is 412 g/mol. The van der Waals surface area contributed by atoms with E-state index in [2.05, 4.69) is 41.2 Å². The van der Waals surface area contributed by atoms with Gasteiger partial charge in [0.2, 0.25) is 0 Å². The number of nitrogens with zero attached hydrogens (tertiary/aromatic N) is 3. The Morgan fingerprint density at radius 2 is 1.90 bits per heavy atom. The fraction of sp³-hybridized carbons (Fsp3) is 0.381. The molecule has 29 heavy (non-hydrogen) atoms. The van der Waals surface area contributed by atoms with Gasteiger partial charge >= 0.3 is 0 Å². The highest BCUT2D eigenvalue weighted by Crippen LogP contribution is 2.15. The predicted octanol–water partition coefficient (Wildman–Crippen LogP) is 2.30. The third-order valence-corrected chi connectivity index (χ3v) is 5.74. The lowest BCUT2D eigenvalue weighted by atomic mass is 10.1. The summed E-state index contributed by atoms with van der Waals surface area (Å²) in [4.78, 5) is 31.9. The Kier molecular flexibility index (Phi) is 5.75. The highest BCUT2D eigenvalue weighted by atomic mass is 32.1. The van der Waals surface area contributed by atoms with Crippen LogP contribution < -0.4 is 10.9 Å². The lowest BCUT2D eigenvalue weighted by Gasteiger charge is -2.35. The number of morpholine rings is 1. The second-order valence-electron chi connectivity index (χ2n) is 7.48. The van der Waals surface area contributed by atoms with Crippen molar-refractivity contribution in [3.63, 3.8) is 0 Å². The third kappa shape index (κ3) is 4.55. The van der Waals surface area contributed by atoms with Crippen molar-refractivity contribution in [1.29, 1.82) is 0 Å². The second-order valence-corrected chi connectivity index (χ2v) is 8.36. The SMILES string of the molecule is CC1CN(Cc2ccc(CNC(=O)c3cnc4sccn4c3=O)cc2)CC(C)O1. The van der Waals surface area contributed by atoms with Gasteiger partial charge in [0.05, 0.1) is 12.2 Å². The zero-order chi connectivity index (χ0) is 20.4. The molecule has 3 aromatic rings. The van der Waals surface area contributed by atoms with E-state index in [-0.39, 0.29) is 23.3 Å². The zero-order valence-corrected chi connectivity index (χ0v) is 17.3. The summed E-state index contributed by atoms with van der Waals surface area (Å²) in [5.41, 5.74) is 1.91. The first-order valence-corrected chi connectivity index (χ1v) is 10.6. The highest BCUT2D eigenvalue weighted by Gasteiger charge is 2.22.